The fraction of sp³-hybridized carbons (Fsp3) is 0.417. The zero-order chi connectivity index (χ0) is 11.4. The summed E-state index contributed by atoms with van der Waals surface area (Å²) in [5.74, 6) is 0.474. The van der Waals surface area contributed by atoms with Crippen LogP contribution >= 0.6 is 15.9 Å². The third-order valence-electron chi connectivity index (χ3n) is 2.53. The normalized spacial score (nSPS) is 12.6. The summed E-state index contributed by atoms with van der Waals surface area (Å²) in [5.41, 5.74) is 0.843. The lowest BCUT2D eigenvalue weighted by atomic mass is 9.97. The number of anilines is 1. The van der Waals surface area contributed by atoms with Crippen molar-refractivity contribution >= 4 is 27.5 Å². The fourth-order valence-electron chi connectivity index (χ4n) is 1.09. The summed E-state index contributed by atoms with van der Waals surface area (Å²) in [6, 6.07) is 7.59. The van der Waals surface area contributed by atoms with E-state index >= 15 is 0 Å². The van der Waals surface area contributed by atoms with Gasteiger partial charge in [-0.05, 0) is 30.2 Å². The second-order valence-electron chi connectivity index (χ2n) is 4.03. The van der Waals surface area contributed by atoms with Crippen molar-refractivity contribution in [2.24, 2.45) is 11.8 Å². The molecule has 3 heteroatoms. The van der Waals surface area contributed by atoms with Crippen molar-refractivity contribution in [2.75, 3.05) is 5.32 Å². The summed E-state index contributed by atoms with van der Waals surface area (Å²) in [6.45, 7) is 6.04. The van der Waals surface area contributed by atoms with Gasteiger partial charge < -0.3 is 5.32 Å². The predicted octanol–water partition coefficient (Wildman–Crippen LogP) is 3.68. The summed E-state index contributed by atoms with van der Waals surface area (Å²) in [7, 11) is 0. The number of carbonyl (C=O) groups excluding carboxylic acids is 1. The van der Waals surface area contributed by atoms with Gasteiger partial charge in [-0.3, -0.25) is 4.79 Å². The van der Waals surface area contributed by atoms with Crippen LogP contribution in [0.5, 0.6) is 0 Å². The van der Waals surface area contributed by atoms with Crippen LogP contribution in [-0.4, -0.2) is 5.91 Å². The Hall–Kier alpha value is -0.830. The predicted molar refractivity (Wildman–Crippen MR) is 66.8 cm³/mol. The number of halogens is 1. The lowest BCUT2D eigenvalue weighted by Gasteiger charge is -2.15. The Morgan fingerprint density at radius 2 is 1.73 bits per heavy atom. The third-order valence-corrected chi connectivity index (χ3v) is 3.05. The Bertz CT molecular complexity index is 332. The molecule has 82 valence electrons. The molecule has 1 amide bonds. The molecular weight excluding hydrogens is 254 g/mol. The molecule has 0 unspecified atom stereocenters. The van der Waals surface area contributed by atoms with E-state index in [-0.39, 0.29) is 11.8 Å². The average Bonchev–Trinajstić information content (AvgIpc) is 2.20. The topological polar surface area (TPSA) is 29.1 Å². The highest BCUT2D eigenvalue weighted by Gasteiger charge is 2.16. The van der Waals surface area contributed by atoms with Gasteiger partial charge in [-0.15, -0.1) is 0 Å². The lowest BCUT2D eigenvalue weighted by molar-refractivity contribution is -0.120. The number of hydrogen-bond acceptors (Lipinski definition) is 1. The van der Waals surface area contributed by atoms with Crippen molar-refractivity contribution in [3.05, 3.63) is 28.7 Å². The minimum Gasteiger partial charge on any atom is -0.326 e. The van der Waals surface area contributed by atoms with Gasteiger partial charge in [-0.25, -0.2) is 0 Å². The molecule has 15 heavy (non-hydrogen) atoms. The molecule has 1 aromatic rings. The Morgan fingerprint density at radius 3 is 2.20 bits per heavy atom. The fourth-order valence-corrected chi connectivity index (χ4v) is 1.36. The number of benzene rings is 1. The van der Waals surface area contributed by atoms with Crippen molar-refractivity contribution in [2.45, 2.75) is 20.8 Å². The number of amides is 1. The van der Waals surface area contributed by atoms with E-state index in [1.165, 1.54) is 0 Å². The molecule has 0 aliphatic carbocycles. The molecule has 0 radical (unpaired) electrons. The van der Waals surface area contributed by atoms with Crippen LogP contribution in [0.1, 0.15) is 20.8 Å². The van der Waals surface area contributed by atoms with Crippen LogP contribution in [0.25, 0.3) is 0 Å². The molecule has 1 rings (SSSR count). The smallest absolute Gasteiger partial charge is 0.227 e. The monoisotopic (exact) mass is 269 g/mol. The molecule has 0 saturated heterocycles. The third kappa shape index (κ3) is 3.67. The summed E-state index contributed by atoms with van der Waals surface area (Å²) in [4.78, 5) is 11.7. The SMILES string of the molecule is CC(C)[C@H](C)C(=O)Nc1ccc(Br)cc1. The van der Waals surface area contributed by atoms with E-state index in [2.05, 4.69) is 21.2 Å². The molecule has 0 aromatic heterocycles. The zero-order valence-electron chi connectivity index (χ0n) is 9.25. The Morgan fingerprint density at radius 1 is 1.20 bits per heavy atom. The first-order chi connectivity index (χ1) is 7.00. The minimum atomic E-state index is 0.0358. The zero-order valence-corrected chi connectivity index (χ0v) is 10.8. The molecule has 1 atom stereocenters. The van der Waals surface area contributed by atoms with Gasteiger partial charge in [0.05, 0.1) is 0 Å². The van der Waals surface area contributed by atoms with E-state index in [0.29, 0.717) is 5.92 Å². The molecule has 2 nitrogen and oxygen atoms in total. The molecular formula is C12H16BrNO. The van der Waals surface area contributed by atoms with Crippen LogP contribution in [0.3, 0.4) is 0 Å². The molecule has 1 N–H and O–H groups in total. The molecule has 0 spiro atoms. The van der Waals surface area contributed by atoms with Crippen LogP contribution < -0.4 is 5.32 Å². The van der Waals surface area contributed by atoms with Crippen molar-refractivity contribution in [1.29, 1.82) is 0 Å². The number of hydrogen-bond donors (Lipinski definition) is 1. The summed E-state index contributed by atoms with van der Waals surface area (Å²) >= 11 is 3.35. The maximum atomic E-state index is 11.7. The molecule has 0 fully saturated rings. The summed E-state index contributed by atoms with van der Waals surface area (Å²) in [6.07, 6.45) is 0. The average molecular weight is 270 g/mol. The first-order valence-electron chi connectivity index (χ1n) is 5.07. The van der Waals surface area contributed by atoms with Crippen LogP contribution in [0.2, 0.25) is 0 Å². The standard InChI is InChI=1S/C12H16BrNO/c1-8(2)9(3)12(15)14-11-6-4-10(13)5-7-11/h4-9H,1-3H3,(H,14,15)/t9-/m0/s1. The van der Waals surface area contributed by atoms with Crippen molar-refractivity contribution in [1.82, 2.24) is 0 Å². The molecule has 0 saturated carbocycles. The van der Waals surface area contributed by atoms with E-state index in [4.69, 9.17) is 0 Å². The van der Waals surface area contributed by atoms with Gasteiger partial charge in [-0.1, -0.05) is 36.7 Å². The Balaban J connectivity index is 2.62. The van der Waals surface area contributed by atoms with Crippen LogP contribution in [0, 0.1) is 11.8 Å². The van der Waals surface area contributed by atoms with Crippen LogP contribution in [0.4, 0.5) is 5.69 Å². The first-order valence-corrected chi connectivity index (χ1v) is 5.86. The largest absolute Gasteiger partial charge is 0.326 e. The maximum Gasteiger partial charge on any atom is 0.227 e. The highest BCUT2D eigenvalue weighted by atomic mass is 79.9. The van der Waals surface area contributed by atoms with Gasteiger partial charge in [0.2, 0.25) is 5.91 Å². The van der Waals surface area contributed by atoms with E-state index in [9.17, 15) is 4.79 Å². The van der Waals surface area contributed by atoms with Crippen molar-refractivity contribution in [3.8, 4) is 0 Å². The number of nitrogens with one attached hydrogen (secondary N) is 1. The van der Waals surface area contributed by atoms with Gasteiger partial charge in [0, 0.05) is 16.1 Å². The number of carbonyl (C=O) groups is 1. The van der Waals surface area contributed by atoms with Crippen LogP contribution in [0.15, 0.2) is 28.7 Å². The second kappa shape index (κ2) is 5.31. The lowest BCUT2D eigenvalue weighted by Crippen LogP contribution is -2.24. The van der Waals surface area contributed by atoms with Gasteiger partial charge in [-0.2, -0.15) is 0 Å². The number of rotatable bonds is 3. The van der Waals surface area contributed by atoms with Crippen molar-refractivity contribution in [3.63, 3.8) is 0 Å². The highest BCUT2D eigenvalue weighted by molar-refractivity contribution is 9.10. The maximum absolute atomic E-state index is 11.7. The van der Waals surface area contributed by atoms with Gasteiger partial charge in [0.25, 0.3) is 0 Å². The molecule has 0 aliphatic heterocycles. The molecule has 0 aliphatic rings. The van der Waals surface area contributed by atoms with E-state index < -0.39 is 0 Å². The molecule has 0 heterocycles. The quantitative estimate of drug-likeness (QED) is 0.891. The molecule has 1 aromatic carbocycles. The Kier molecular flexibility index (Phi) is 4.33. The minimum absolute atomic E-state index is 0.0358. The van der Waals surface area contributed by atoms with Crippen molar-refractivity contribution < 1.29 is 4.79 Å². The van der Waals surface area contributed by atoms with Gasteiger partial charge >= 0.3 is 0 Å². The van der Waals surface area contributed by atoms with E-state index in [0.717, 1.165) is 10.2 Å². The Labute approximate surface area is 99.2 Å². The van der Waals surface area contributed by atoms with Crippen LogP contribution in [-0.2, 0) is 4.79 Å². The highest BCUT2D eigenvalue weighted by Crippen LogP contribution is 2.16. The second-order valence-corrected chi connectivity index (χ2v) is 4.94. The van der Waals surface area contributed by atoms with Gasteiger partial charge in [0.1, 0.15) is 0 Å². The molecule has 0 bridgehead atoms. The van der Waals surface area contributed by atoms with E-state index in [1.54, 1.807) is 0 Å². The summed E-state index contributed by atoms with van der Waals surface area (Å²) < 4.78 is 1.01. The first kappa shape index (κ1) is 12.2. The summed E-state index contributed by atoms with van der Waals surface area (Å²) in [5, 5.41) is 2.89. The van der Waals surface area contributed by atoms with E-state index in [1.807, 2.05) is 45.0 Å². The van der Waals surface area contributed by atoms with Gasteiger partial charge in [0.15, 0.2) is 0 Å².